The molecular formula is C26H43NO5. The van der Waals surface area contributed by atoms with Gasteiger partial charge in [-0.2, -0.15) is 0 Å². The molecule has 4 rings (SSSR count). The van der Waals surface area contributed by atoms with Gasteiger partial charge in [-0.25, -0.2) is 0 Å². The summed E-state index contributed by atoms with van der Waals surface area (Å²) in [6.45, 7) is 6.65. The first-order chi connectivity index (χ1) is 15.1. The van der Waals surface area contributed by atoms with Gasteiger partial charge in [0, 0.05) is 6.42 Å². The van der Waals surface area contributed by atoms with Gasteiger partial charge in [0.1, 0.15) is 6.54 Å². The Balaban J connectivity index is 1.45. The van der Waals surface area contributed by atoms with Crippen molar-refractivity contribution in [2.75, 3.05) is 6.54 Å². The molecular weight excluding hydrogens is 406 g/mol. The summed E-state index contributed by atoms with van der Waals surface area (Å²) in [6, 6.07) is 0. The zero-order valence-electron chi connectivity index (χ0n) is 20.1. The number of fused-ring (bicyclic) bond motifs is 5. The first-order valence-electron chi connectivity index (χ1n) is 12.9. The molecule has 0 aliphatic heterocycles. The average molecular weight is 450 g/mol. The van der Waals surface area contributed by atoms with Crippen LogP contribution >= 0.6 is 0 Å². The fraction of sp³-hybridized carbons (Fsp3) is 0.923. The molecule has 4 aliphatic rings. The van der Waals surface area contributed by atoms with Crippen LogP contribution in [0.15, 0.2) is 0 Å². The van der Waals surface area contributed by atoms with Crippen LogP contribution in [0.1, 0.15) is 85.0 Å². The van der Waals surface area contributed by atoms with Gasteiger partial charge in [-0.1, -0.05) is 20.8 Å². The van der Waals surface area contributed by atoms with E-state index in [4.69, 9.17) is 5.11 Å². The maximum absolute atomic E-state index is 12.0. The summed E-state index contributed by atoms with van der Waals surface area (Å²) in [5.41, 5.74) is 0.145. The third-order valence-corrected chi connectivity index (χ3v) is 10.8. The fourth-order valence-corrected chi connectivity index (χ4v) is 8.98. The molecule has 4 aliphatic carbocycles. The molecule has 0 saturated heterocycles. The second kappa shape index (κ2) is 8.90. The number of hydrogen-bond donors (Lipinski definition) is 4. The topological polar surface area (TPSA) is 107 Å². The van der Waals surface area contributed by atoms with Crippen LogP contribution in [0, 0.1) is 46.3 Å². The predicted molar refractivity (Wildman–Crippen MR) is 122 cm³/mol. The van der Waals surface area contributed by atoms with Gasteiger partial charge in [0.05, 0.1) is 12.2 Å². The van der Waals surface area contributed by atoms with E-state index in [-0.39, 0.29) is 35.5 Å². The highest BCUT2D eigenvalue weighted by atomic mass is 16.4. The highest BCUT2D eigenvalue weighted by molar-refractivity contribution is 5.81. The summed E-state index contributed by atoms with van der Waals surface area (Å²) in [4.78, 5) is 22.7. The number of rotatable bonds is 6. The summed E-state index contributed by atoms with van der Waals surface area (Å²) in [6.07, 6.45) is 9.12. The number of carboxylic acid groups (broad SMARTS) is 1. The molecule has 5 unspecified atom stereocenters. The molecule has 4 saturated carbocycles. The van der Waals surface area contributed by atoms with Crippen molar-refractivity contribution < 1.29 is 24.9 Å². The number of nitrogens with one attached hydrogen (secondary N) is 1. The molecule has 1 amide bonds. The van der Waals surface area contributed by atoms with Crippen LogP contribution in [0.4, 0.5) is 0 Å². The molecule has 0 aromatic heterocycles. The first kappa shape index (κ1) is 24.0. The molecule has 0 bridgehead atoms. The maximum Gasteiger partial charge on any atom is 0.322 e. The minimum Gasteiger partial charge on any atom is -0.480 e. The average Bonchev–Trinajstić information content (AvgIpc) is 3.10. The summed E-state index contributed by atoms with van der Waals surface area (Å²) < 4.78 is 0. The molecule has 0 heterocycles. The molecule has 0 aromatic carbocycles. The Labute approximate surface area is 192 Å². The van der Waals surface area contributed by atoms with Crippen molar-refractivity contribution in [2.24, 2.45) is 46.3 Å². The van der Waals surface area contributed by atoms with E-state index >= 15 is 0 Å². The van der Waals surface area contributed by atoms with E-state index in [1.54, 1.807) is 0 Å². The van der Waals surface area contributed by atoms with E-state index in [1.807, 2.05) is 0 Å². The van der Waals surface area contributed by atoms with Crippen LogP contribution < -0.4 is 5.32 Å². The molecule has 0 radical (unpaired) electrons. The smallest absolute Gasteiger partial charge is 0.322 e. The van der Waals surface area contributed by atoms with Gasteiger partial charge in [0.25, 0.3) is 0 Å². The second-order valence-corrected chi connectivity index (χ2v) is 12.1. The van der Waals surface area contributed by atoms with Gasteiger partial charge < -0.3 is 20.6 Å². The van der Waals surface area contributed by atoms with Gasteiger partial charge in [0.15, 0.2) is 0 Å². The number of carbonyl (C=O) groups is 2. The zero-order chi connectivity index (χ0) is 23.3. The van der Waals surface area contributed by atoms with E-state index in [9.17, 15) is 19.8 Å². The van der Waals surface area contributed by atoms with Crippen molar-refractivity contribution in [3.8, 4) is 0 Å². The van der Waals surface area contributed by atoms with Crippen molar-refractivity contribution in [3.05, 3.63) is 0 Å². The Hall–Kier alpha value is -1.14. The third-order valence-electron chi connectivity index (χ3n) is 10.8. The lowest BCUT2D eigenvalue weighted by Gasteiger charge is -2.62. The Morgan fingerprint density at radius 1 is 1.03 bits per heavy atom. The van der Waals surface area contributed by atoms with Crippen LogP contribution in [0.5, 0.6) is 0 Å². The highest BCUT2D eigenvalue weighted by Gasteiger charge is 2.63. The van der Waals surface area contributed by atoms with Crippen LogP contribution in [-0.4, -0.2) is 45.9 Å². The largest absolute Gasteiger partial charge is 0.480 e. The summed E-state index contributed by atoms with van der Waals surface area (Å²) in [5, 5.41) is 33.0. The van der Waals surface area contributed by atoms with Gasteiger partial charge in [0.2, 0.25) is 5.91 Å². The minimum absolute atomic E-state index is 0.102. The Bertz CT molecular complexity index is 727. The molecule has 0 aromatic rings. The van der Waals surface area contributed by atoms with E-state index in [0.717, 1.165) is 44.9 Å². The molecule has 32 heavy (non-hydrogen) atoms. The minimum atomic E-state index is -1.02. The monoisotopic (exact) mass is 449 g/mol. The van der Waals surface area contributed by atoms with Gasteiger partial charge in [-0.3, -0.25) is 9.59 Å². The second-order valence-electron chi connectivity index (χ2n) is 12.1. The summed E-state index contributed by atoms with van der Waals surface area (Å²) in [5.74, 6) is 1.84. The lowest BCUT2D eigenvalue weighted by Crippen LogP contribution is -2.58. The molecule has 6 nitrogen and oxygen atoms in total. The number of aliphatic carboxylic acids is 1. The Kier molecular flexibility index (Phi) is 6.68. The SMILES string of the molecule is C[C@H](CCC(=O)NCC(=O)O)C1CCC2C3CCC4C[C@H](O)CC[C@]4(C)C3C[C@H](O)[C@@]21C. The lowest BCUT2D eigenvalue weighted by atomic mass is 9.43. The quantitative estimate of drug-likeness (QED) is 0.496. The van der Waals surface area contributed by atoms with Gasteiger partial charge >= 0.3 is 5.97 Å². The van der Waals surface area contributed by atoms with Gasteiger partial charge in [-0.15, -0.1) is 0 Å². The Morgan fingerprint density at radius 3 is 2.50 bits per heavy atom. The third kappa shape index (κ3) is 4.00. The number of amides is 1. The normalized spacial score (nSPS) is 46.5. The van der Waals surface area contributed by atoms with Crippen LogP contribution in [-0.2, 0) is 9.59 Å². The van der Waals surface area contributed by atoms with Crippen molar-refractivity contribution in [1.29, 1.82) is 0 Å². The van der Waals surface area contributed by atoms with E-state index in [1.165, 1.54) is 12.8 Å². The predicted octanol–water partition coefficient (Wildman–Crippen LogP) is 3.59. The molecule has 4 fully saturated rings. The standard InChI is InChI=1S/C26H43NO5/c1-15(4-9-23(30)27-14-24(31)32)19-7-8-20-18-6-5-16-12-17(28)10-11-25(16,2)21(18)13-22(29)26(19,20)3/h15-22,28-29H,4-14H2,1-3H3,(H,27,30)(H,31,32)/t15-,16?,17-,18?,19?,20?,21?,22+,25+,26-/m1/s1. The summed E-state index contributed by atoms with van der Waals surface area (Å²) in [7, 11) is 0. The van der Waals surface area contributed by atoms with Crippen molar-refractivity contribution >= 4 is 11.9 Å². The van der Waals surface area contributed by atoms with Crippen LogP contribution in [0.25, 0.3) is 0 Å². The zero-order valence-corrected chi connectivity index (χ0v) is 20.1. The molecule has 4 N–H and O–H groups in total. The molecule has 0 spiro atoms. The first-order valence-corrected chi connectivity index (χ1v) is 12.9. The van der Waals surface area contributed by atoms with Crippen molar-refractivity contribution in [1.82, 2.24) is 5.32 Å². The number of carbonyl (C=O) groups excluding carboxylic acids is 1. The molecule has 10 atom stereocenters. The van der Waals surface area contributed by atoms with Crippen molar-refractivity contribution in [2.45, 2.75) is 97.2 Å². The fourth-order valence-electron chi connectivity index (χ4n) is 8.98. The number of hydrogen-bond acceptors (Lipinski definition) is 4. The lowest BCUT2D eigenvalue weighted by molar-refractivity contribution is -0.175. The van der Waals surface area contributed by atoms with Gasteiger partial charge in [-0.05, 0) is 104 Å². The molecule has 6 heteroatoms. The van der Waals surface area contributed by atoms with E-state index in [0.29, 0.717) is 41.9 Å². The highest BCUT2D eigenvalue weighted by Crippen LogP contribution is 2.68. The molecule has 182 valence electrons. The maximum atomic E-state index is 12.0. The van der Waals surface area contributed by atoms with Crippen LogP contribution in [0.3, 0.4) is 0 Å². The number of carboxylic acids is 1. The number of aliphatic hydroxyl groups excluding tert-OH is 2. The Morgan fingerprint density at radius 2 is 1.78 bits per heavy atom. The number of aliphatic hydroxyl groups is 2. The summed E-state index contributed by atoms with van der Waals surface area (Å²) >= 11 is 0. The van der Waals surface area contributed by atoms with E-state index in [2.05, 4.69) is 26.1 Å². The van der Waals surface area contributed by atoms with Crippen molar-refractivity contribution in [3.63, 3.8) is 0 Å². The van der Waals surface area contributed by atoms with Crippen LogP contribution in [0.2, 0.25) is 0 Å². The van der Waals surface area contributed by atoms with E-state index < -0.39 is 5.97 Å².